The maximum absolute atomic E-state index is 12.4. The van der Waals surface area contributed by atoms with E-state index in [1.165, 1.54) is 11.8 Å². The molecule has 5 heteroatoms. The number of pyridine rings is 1. The molecule has 2 N–H and O–H groups in total. The molecule has 0 spiro atoms. The maximum atomic E-state index is 12.4. The molecule has 3 rings (SSSR count). The van der Waals surface area contributed by atoms with Crippen LogP contribution in [-0.4, -0.2) is 10.9 Å². The van der Waals surface area contributed by atoms with Gasteiger partial charge in [0.1, 0.15) is 0 Å². The molecule has 0 saturated carbocycles. The van der Waals surface area contributed by atoms with E-state index in [-0.39, 0.29) is 5.91 Å². The summed E-state index contributed by atoms with van der Waals surface area (Å²) in [4.78, 5) is 16.6. The molecule has 0 radical (unpaired) electrons. The van der Waals surface area contributed by atoms with Crippen LogP contribution in [0.1, 0.15) is 41.3 Å². The van der Waals surface area contributed by atoms with Crippen molar-refractivity contribution in [1.29, 1.82) is 5.26 Å². The first-order chi connectivity index (χ1) is 13.0. The van der Waals surface area contributed by atoms with E-state index in [4.69, 9.17) is 5.26 Å². The Labute approximate surface area is 158 Å². The van der Waals surface area contributed by atoms with Gasteiger partial charge in [-0.05, 0) is 53.9 Å². The number of nitrogens with zero attached hydrogens (tertiary/aromatic N) is 2. The summed E-state index contributed by atoms with van der Waals surface area (Å²) in [6.45, 7) is 4.31. The first kappa shape index (κ1) is 18.2. The fraction of sp³-hybridized carbons (Fsp3) is 0.136. The number of anilines is 3. The lowest BCUT2D eigenvalue weighted by Crippen LogP contribution is -2.12. The van der Waals surface area contributed by atoms with Crippen molar-refractivity contribution in [3.05, 3.63) is 83.7 Å². The van der Waals surface area contributed by atoms with Gasteiger partial charge in [-0.2, -0.15) is 5.26 Å². The van der Waals surface area contributed by atoms with Crippen LogP contribution < -0.4 is 10.6 Å². The summed E-state index contributed by atoms with van der Waals surface area (Å²) in [5, 5.41) is 14.9. The van der Waals surface area contributed by atoms with Crippen LogP contribution in [0.5, 0.6) is 0 Å². The van der Waals surface area contributed by atoms with Crippen LogP contribution in [0.15, 0.2) is 67.0 Å². The maximum Gasteiger partial charge on any atom is 0.257 e. The van der Waals surface area contributed by atoms with E-state index < -0.39 is 0 Å². The summed E-state index contributed by atoms with van der Waals surface area (Å²) >= 11 is 0. The van der Waals surface area contributed by atoms with Gasteiger partial charge in [-0.15, -0.1) is 0 Å². The number of carbonyl (C=O) groups excluding carboxylic acids is 1. The second-order valence-corrected chi connectivity index (χ2v) is 6.51. The molecule has 1 heterocycles. The number of hydrogen-bond acceptors (Lipinski definition) is 4. The highest BCUT2D eigenvalue weighted by molar-refractivity contribution is 6.04. The van der Waals surface area contributed by atoms with Crippen molar-refractivity contribution in [2.45, 2.75) is 19.8 Å². The predicted molar refractivity (Wildman–Crippen MR) is 107 cm³/mol. The fourth-order valence-corrected chi connectivity index (χ4v) is 2.58. The quantitative estimate of drug-likeness (QED) is 0.669. The molecule has 0 saturated heterocycles. The van der Waals surface area contributed by atoms with Gasteiger partial charge < -0.3 is 10.6 Å². The smallest absolute Gasteiger partial charge is 0.257 e. The summed E-state index contributed by atoms with van der Waals surface area (Å²) in [5.74, 6) is 0.223. The third-order valence-corrected chi connectivity index (χ3v) is 4.14. The van der Waals surface area contributed by atoms with E-state index in [1.54, 1.807) is 36.5 Å². The number of carbonyl (C=O) groups is 1. The van der Waals surface area contributed by atoms with Crippen molar-refractivity contribution in [3.8, 4) is 6.07 Å². The Morgan fingerprint density at radius 2 is 1.63 bits per heavy atom. The second kappa shape index (κ2) is 8.15. The molecule has 1 aromatic heterocycles. The lowest BCUT2D eigenvalue weighted by Gasteiger charge is -2.10. The largest absolute Gasteiger partial charge is 0.354 e. The molecule has 2 aromatic carbocycles. The van der Waals surface area contributed by atoms with Crippen molar-refractivity contribution in [2.24, 2.45) is 0 Å². The Bertz CT molecular complexity index is 970. The normalized spacial score (nSPS) is 10.3. The van der Waals surface area contributed by atoms with Gasteiger partial charge in [-0.25, -0.2) is 0 Å². The molecule has 0 atom stereocenters. The molecule has 3 aromatic rings. The summed E-state index contributed by atoms with van der Waals surface area (Å²) in [7, 11) is 0. The average molecular weight is 356 g/mol. The molecule has 0 aliphatic rings. The monoisotopic (exact) mass is 356 g/mol. The van der Waals surface area contributed by atoms with Crippen molar-refractivity contribution in [1.82, 2.24) is 4.98 Å². The molecular weight excluding hydrogens is 336 g/mol. The summed E-state index contributed by atoms with van der Waals surface area (Å²) < 4.78 is 0. The topological polar surface area (TPSA) is 77.8 Å². The molecule has 5 nitrogen and oxygen atoms in total. The first-order valence-electron chi connectivity index (χ1n) is 8.68. The van der Waals surface area contributed by atoms with Gasteiger partial charge in [-0.3, -0.25) is 9.78 Å². The number of rotatable bonds is 5. The molecule has 27 heavy (non-hydrogen) atoms. The van der Waals surface area contributed by atoms with Gasteiger partial charge in [0.2, 0.25) is 0 Å². The van der Waals surface area contributed by atoms with E-state index in [0.29, 0.717) is 22.7 Å². The second-order valence-electron chi connectivity index (χ2n) is 6.51. The Balaban J connectivity index is 1.70. The Hall–Kier alpha value is -3.65. The number of nitrogens with one attached hydrogen (secondary N) is 2. The highest BCUT2D eigenvalue weighted by atomic mass is 16.1. The zero-order valence-corrected chi connectivity index (χ0v) is 15.2. The van der Waals surface area contributed by atoms with E-state index in [2.05, 4.69) is 41.6 Å². The van der Waals surface area contributed by atoms with E-state index >= 15 is 0 Å². The third-order valence-electron chi connectivity index (χ3n) is 4.14. The van der Waals surface area contributed by atoms with Gasteiger partial charge in [0.05, 0.1) is 29.1 Å². The van der Waals surface area contributed by atoms with Gasteiger partial charge in [0, 0.05) is 17.6 Å². The van der Waals surface area contributed by atoms with Crippen LogP contribution in [0, 0.1) is 11.3 Å². The minimum absolute atomic E-state index is 0.258. The van der Waals surface area contributed by atoms with Crippen LogP contribution in [0.25, 0.3) is 0 Å². The minimum atomic E-state index is -0.258. The molecule has 0 aliphatic carbocycles. The van der Waals surface area contributed by atoms with Gasteiger partial charge in [0.15, 0.2) is 0 Å². The highest BCUT2D eigenvalue weighted by Gasteiger charge is 2.08. The van der Waals surface area contributed by atoms with Crippen molar-refractivity contribution >= 4 is 23.0 Å². The van der Waals surface area contributed by atoms with Crippen LogP contribution in [0.2, 0.25) is 0 Å². The minimum Gasteiger partial charge on any atom is -0.354 e. The van der Waals surface area contributed by atoms with Crippen LogP contribution in [0.3, 0.4) is 0 Å². The van der Waals surface area contributed by atoms with Crippen LogP contribution in [0.4, 0.5) is 17.1 Å². The molecule has 0 unspecified atom stereocenters. The number of nitriles is 1. The number of hydrogen-bond donors (Lipinski definition) is 2. The standard InChI is InChI=1S/C22H20N4O/c1-15(2)17-5-9-19(10-6-17)25-21-11-18(13-24-14-21)22(27)26-20-7-3-16(12-23)4-8-20/h3-11,13-15,25H,1-2H3,(H,26,27). The third kappa shape index (κ3) is 4.71. The lowest BCUT2D eigenvalue weighted by molar-refractivity contribution is 0.102. The van der Waals surface area contributed by atoms with Crippen LogP contribution >= 0.6 is 0 Å². The number of aromatic nitrogens is 1. The Morgan fingerprint density at radius 1 is 0.963 bits per heavy atom. The van der Waals surface area contributed by atoms with Crippen molar-refractivity contribution in [2.75, 3.05) is 10.6 Å². The SMILES string of the molecule is CC(C)c1ccc(Nc2cncc(C(=O)Nc3ccc(C#N)cc3)c2)cc1. The average Bonchev–Trinajstić information content (AvgIpc) is 2.69. The summed E-state index contributed by atoms with van der Waals surface area (Å²) in [6.07, 6.45) is 3.20. The Kier molecular flexibility index (Phi) is 5.48. The summed E-state index contributed by atoms with van der Waals surface area (Å²) in [5.41, 5.74) is 4.56. The first-order valence-corrected chi connectivity index (χ1v) is 8.68. The Morgan fingerprint density at radius 3 is 2.26 bits per heavy atom. The van der Waals surface area contributed by atoms with E-state index in [1.807, 2.05) is 18.2 Å². The molecule has 134 valence electrons. The zero-order chi connectivity index (χ0) is 19.2. The van der Waals surface area contributed by atoms with Gasteiger partial charge >= 0.3 is 0 Å². The molecule has 1 amide bonds. The van der Waals surface area contributed by atoms with E-state index in [0.717, 1.165) is 11.4 Å². The molecule has 0 fully saturated rings. The lowest BCUT2D eigenvalue weighted by atomic mass is 10.0. The van der Waals surface area contributed by atoms with E-state index in [9.17, 15) is 4.79 Å². The molecule has 0 bridgehead atoms. The predicted octanol–water partition coefficient (Wildman–Crippen LogP) is 5.07. The van der Waals surface area contributed by atoms with Crippen LogP contribution in [-0.2, 0) is 0 Å². The highest BCUT2D eigenvalue weighted by Crippen LogP contribution is 2.21. The number of amides is 1. The zero-order valence-electron chi connectivity index (χ0n) is 15.2. The van der Waals surface area contributed by atoms with Crippen molar-refractivity contribution < 1.29 is 4.79 Å². The number of benzene rings is 2. The van der Waals surface area contributed by atoms with Gasteiger partial charge in [-0.1, -0.05) is 26.0 Å². The molecular formula is C22H20N4O. The van der Waals surface area contributed by atoms with Gasteiger partial charge in [0.25, 0.3) is 5.91 Å². The molecule has 0 aliphatic heterocycles. The fourth-order valence-electron chi connectivity index (χ4n) is 2.58. The van der Waals surface area contributed by atoms with Crippen molar-refractivity contribution in [3.63, 3.8) is 0 Å². The summed E-state index contributed by atoms with van der Waals surface area (Å²) in [6, 6.07) is 18.7.